The minimum Gasteiger partial charge on any atom is -0.504 e. The Morgan fingerprint density at radius 2 is 1.69 bits per heavy atom. The molecule has 0 bridgehead atoms. The van der Waals surface area contributed by atoms with Crippen LogP contribution in [0.1, 0.15) is 55.5 Å². The fourth-order valence-corrected chi connectivity index (χ4v) is 9.58. The van der Waals surface area contributed by atoms with Gasteiger partial charge in [0.05, 0.1) is 17.4 Å². The first kappa shape index (κ1) is 39.5. The first-order valence-corrected chi connectivity index (χ1v) is 20.5. The van der Waals surface area contributed by atoms with E-state index in [1.54, 1.807) is 17.0 Å². The molecule has 9 rings (SSSR count). The highest BCUT2D eigenvalue weighted by Crippen LogP contribution is 2.37. The van der Waals surface area contributed by atoms with E-state index in [0.717, 1.165) is 101 Å². The Hall–Kier alpha value is -5.35. The molecule has 4 atom stereocenters. The lowest BCUT2D eigenvalue weighted by Crippen LogP contribution is -2.57. The zero-order valence-electron chi connectivity index (χ0n) is 33.4. The van der Waals surface area contributed by atoms with Crippen LogP contribution in [0.15, 0.2) is 42.5 Å². The lowest BCUT2D eigenvalue weighted by atomic mass is 9.94. The number of hydrogen-bond donors (Lipinski definition) is 3. The van der Waals surface area contributed by atoms with Crippen molar-refractivity contribution in [3.8, 4) is 17.0 Å². The van der Waals surface area contributed by atoms with Crippen LogP contribution < -0.4 is 20.4 Å². The van der Waals surface area contributed by atoms with Crippen LogP contribution in [0.5, 0.6) is 5.75 Å². The molecule has 4 fully saturated rings. The van der Waals surface area contributed by atoms with Crippen LogP contribution in [0.25, 0.3) is 11.3 Å². The topological polar surface area (TPSA) is 158 Å². The van der Waals surface area contributed by atoms with E-state index >= 15 is 0 Å². The third kappa shape index (κ3) is 7.91. The van der Waals surface area contributed by atoms with Crippen LogP contribution in [-0.4, -0.2) is 149 Å². The van der Waals surface area contributed by atoms with Gasteiger partial charge in [-0.1, -0.05) is 12.1 Å². The molecule has 3 N–H and O–H groups in total. The zero-order valence-corrected chi connectivity index (χ0v) is 33.4. The minimum absolute atomic E-state index is 0.121. The summed E-state index contributed by atoms with van der Waals surface area (Å²) >= 11 is 0. The van der Waals surface area contributed by atoms with E-state index < -0.39 is 11.9 Å². The first-order valence-electron chi connectivity index (χ1n) is 20.5. The van der Waals surface area contributed by atoms with Gasteiger partial charge in [-0.25, -0.2) is 4.39 Å². The number of nitrogens with one attached hydrogen (secondary N) is 2. The molecule has 0 aliphatic carbocycles. The normalized spacial score (nSPS) is 25.3. The lowest BCUT2D eigenvalue weighted by molar-refractivity contribution is -0.137. The molecule has 4 unspecified atom stereocenters. The average Bonchev–Trinajstić information content (AvgIpc) is 3.53. The van der Waals surface area contributed by atoms with Crippen molar-refractivity contribution in [2.45, 2.75) is 70.2 Å². The smallest absolute Gasteiger partial charge is 0.255 e. The van der Waals surface area contributed by atoms with Crippen molar-refractivity contribution < 1.29 is 28.7 Å². The van der Waals surface area contributed by atoms with Gasteiger partial charge in [0.2, 0.25) is 18.2 Å². The Bertz CT molecular complexity index is 2050. The Kier molecular flexibility index (Phi) is 11.2. The number of amides is 4. The number of benzene rings is 2. The van der Waals surface area contributed by atoms with E-state index in [9.17, 15) is 28.7 Å². The highest BCUT2D eigenvalue weighted by atomic mass is 19.1. The number of imide groups is 1. The molecule has 1 aromatic heterocycles. The number of carbonyl (C=O) groups is 4. The molecule has 6 aliphatic heterocycles. The second kappa shape index (κ2) is 16.5. The number of aromatic hydroxyl groups is 1. The van der Waals surface area contributed by atoms with Gasteiger partial charge in [-0.05, 0) is 82.0 Å². The van der Waals surface area contributed by atoms with Gasteiger partial charge < -0.3 is 34.9 Å². The van der Waals surface area contributed by atoms with Crippen LogP contribution in [0.2, 0.25) is 0 Å². The monoisotopic (exact) mass is 796 g/mol. The Balaban J connectivity index is 0.000000176. The Morgan fingerprint density at radius 3 is 2.43 bits per heavy atom. The molecule has 3 aromatic rings. The molecule has 0 saturated carbocycles. The molecule has 0 spiro atoms. The summed E-state index contributed by atoms with van der Waals surface area (Å²) in [6.07, 6.45) is 3.83. The summed E-state index contributed by atoms with van der Waals surface area (Å²) in [5.74, 6) is -0.436. The largest absolute Gasteiger partial charge is 0.504 e. The van der Waals surface area contributed by atoms with Crippen LogP contribution in [0.4, 0.5) is 21.6 Å². The van der Waals surface area contributed by atoms with Crippen LogP contribution >= 0.6 is 0 Å². The van der Waals surface area contributed by atoms with E-state index in [4.69, 9.17) is 0 Å². The van der Waals surface area contributed by atoms with Gasteiger partial charge in [0.15, 0.2) is 17.4 Å². The molecule has 16 heteroatoms. The maximum Gasteiger partial charge on any atom is 0.255 e. The van der Waals surface area contributed by atoms with Gasteiger partial charge in [0, 0.05) is 101 Å². The first-order chi connectivity index (χ1) is 28.0. The van der Waals surface area contributed by atoms with Gasteiger partial charge >= 0.3 is 0 Å². The molecule has 0 radical (unpaired) electrons. The molecule has 4 amide bonds. The maximum atomic E-state index is 13.6. The van der Waals surface area contributed by atoms with Gasteiger partial charge in [-0.15, -0.1) is 10.2 Å². The van der Waals surface area contributed by atoms with Crippen molar-refractivity contribution in [1.82, 2.24) is 35.1 Å². The number of likely N-dealkylation sites (N-methyl/N-ethyl adjacent to an activating group) is 1. The number of piperazine rings is 2. The number of para-hydroxylation sites is 1. The van der Waals surface area contributed by atoms with E-state index in [1.807, 2.05) is 23.1 Å². The third-order valence-corrected chi connectivity index (χ3v) is 12.7. The fourth-order valence-electron chi connectivity index (χ4n) is 9.58. The summed E-state index contributed by atoms with van der Waals surface area (Å²) < 4.78 is 13.6. The number of carbonyl (C=O) groups excluding carboxylic acids is 4. The lowest BCUT2D eigenvalue weighted by Gasteiger charge is -2.44. The van der Waals surface area contributed by atoms with E-state index in [0.29, 0.717) is 41.7 Å². The number of anilines is 3. The predicted octanol–water partition coefficient (Wildman–Crippen LogP) is 2.75. The number of aromatic nitrogens is 2. The van der Waals surface area contributed by atoms with Gasteiger partial charge in [0.25, 0.3) is 5.91 Å². The second-order valence-electron chi connectivity index (χ2n) is 16.7. The average molecular weight is 797 g/mol. The number of fused-ring (bicyclic) bond motifs is 4. The third-order valence-electron chi connectivity index (χ3n) is 12.7. The number of hydrogen-bond acceptors (Lipinski definition) is 12. The summed E-state index contributed by atoms with van der Waals surface area (Å²) in [7, 11) is 2.12. The number of piperidine rings is 2. The van der Waals surface area contributed by atoms with Crippen molar-refractivity contribution >= 4 is 41.3 Å². The van der Waals surface area contributed by atoms with Crippen molar-refractivity contribution in [3.05, 3.63) is 59.4 Å². The summed E-state index contributed by atoms with van der Waals surface area (Å²) in [5, 5.41) is 24.0. The van der Waals surface area contributed by atoms with Crippen LogP contribution in [0.3, 0.4) is 0 Å². The van der Waals surface area contributed by atoms with Gasteiger partial charge in [0.1, 0.15) is 6.04 Å². The minimum atomic E-state index is -0.655. The van der Waals surface area contributed by atoms with E-state index in [-0.39, 0.29) is 42.0 Å². The standard InChI is InChI=1S/C26H35N5O4.C16H18FN5O/c1-17-12-28(13-18(2)31(17)16-32)14-19-7-9-29(10-8-19)21-4-3-20-15-30(26(35)22(20)11-21)23-5-6-24(33)27-25(23)34;1-21-5-6-22-10(9-21)8-18-16-14(22)7-13(19-20-16)11-3-2-4-12(17)15(11)23/h3-4,11,16-19,23H,5-10,12-15H2,1-2H3,(H,27,33,34);2-4,7,10,23H,5-6,8-9H2,1H3,(H,18,20). The van der Waals surface area contributed by atoms with E-state index in [1.165, 1.54) is 6.07 Å². The van der Waals surface area contributed by atoms with Crippen molar-refractivity contribution in [2.24, 2.45) is 5.92 Å². The Morgan fingerprint density at radius 1 is 0.914 bits per heavy atom. The van der Waals surface area contributed by atoms with Crippen LogP contribution in [0, 0.1) is 11.7 Å². The van der Waals surface area contributed by atoms with Gasteiger partial charge in [-0.3, -0.25) is 29.4 Å². The number of nitrogens with zero attached hydrogens (tertiary/aromatic N) is 8. The summed E-state index contributed by atoms with van der Waals surface area (Å²) in [6.45, 7) is 13.2. The number of phenols is 1. The van der Waals surface area contributed by atoms with Crippen LogP contribution in [-0.2, 0) is 20.9 Å². The van der Waals surface area contributed by atoms with Gasteiger partial charge in [-0.2, -0.15) is 0 Å². The molecule has 7 heterocycles. The summed E-state index contributed by atoms with van der Waals surface area (Å²) in [6, 6.07) is 12.7. The highest BCUT2D eigenvalue weighted by molar-refractivity contribution is 6.05. The van der Waals surface area contributed by atoms with Crippen molar-refractivity contribution in [3.63, 3.8) is 0 Å². The summed E-state index contributed by atoms with van der Waals surface area (Å²) in [5.41, 5.74) is 4.46. The molecular weight excluding hydrogens is 744 g/mol. The van der Waals surface area contributed by atoms with E-state index in [2.05, 4.69) is 67.4 Å². The number of rotatable bonds is 6. The second-order valence-corrected chi connectivity index (χ2v) is 16.7. The molecule has 2 aromatic carbocycles. The van der Waals surface area contributed by atoms with Crippen molar-refractivity contribution in [2.75, 3.05) is 81.1 Å². The zero-order chi connectivity index (χ0) is 40.7. The number of halogens is 1. The quantitative estimate of drug-likeness (QED) is 0.248. The predicted molar refractivity (Wildman–Crippen MR) is 217 cm³/mol. The van der Waals surface area contributed by atoms with Crippen molar-refractivity contribution in [1.29, 1.82) is 0 Å². The molecule has 4 saturated heterocycles. The molecular formula is C42H53FN10O5. The number of phenolic OH excluding ortho intramolecular Hbond substituents is 1. The highest BCUT2D eigenvalue weighted by Gasteiger charge is 2.40. The SMILES string of the molecule is CC1CN(CC2CCN(c3ccc4c(c3)C(=O)N(C3CCC(=O)NC3=O)C4)CC2)CC(C)N1C=O.CN1CCN2c3cc(-c4cccc(F)c4O)nnc3NCC2C1. The molecule has 58 heavy (non-hydrogen) atoms. The maximum absolute atomic E-state index is 13.6. The fraction of sp³-hybridized carbons (Fsp3) is 0.524. The Labute approximate surface area is 338 Å². The summed E-state index contributed by atoms with van der Waals surface area (Å²) in [4.78, 5) is 61.2. The molecule has 6 aliphatic rings. The molecule has 308 valence electrons. The molecule has 15 nitrogen and oxygen atoms in total.